The Labute approximate surface area is 250 Å². The first-order valence-corrected chi connectivity index (χ1v) is 14.2. The Morgan fingerprint density at radius 1 is 0.786 bits per heavy atom. The van der Waals surface area contributed by atoms with Crippen LogP contribution in [0.3, 0.4) is 0 Å². The molecule has 0 bridgehead atoms. The van der Waals surface area contributed by atoms with E-state index in [1.165, 1.54) is 12.1 Å². The van der Waals surface area contributed by atoms with Crippen LogP contribution in [-0.4, -0.2) is 40.1 Å². The number of halogens is 2. The number of aliphatic carboxylic acids is 1. The summed E-state index contributed by atoms with van der Waals surface area (Å²) in [6, 6.07) is 26.7. The molecule has 0 amide bonds. The predicted octanol–water partition coefficient (Wildman–Crippen LogP) is 7.72. The van der Waals surface area contributed by atoms with Crippen molar-refractivity contribution in [2.75, 3.05) is 13.1 Å². The number of carbonyl (C=O) groups is 2. The molecule has 0 aliphatic heterocycles. The summed E-state index contributed by atoms with van der Waals surface area (Å²) < 4.78 is 19.5. The molecule has 0 atom stereocenters. The van der Waals surface area contributed by atoms with Crippen molar-refractivity contribution < 1.29 is 28.9 Å². The lowest BCUT2D eigenvalue weighted by Crippen LogP contribution is -2.27. The Morgan fingerprint density at radius 2 is 1.43 bits per heavy atom. The molecule has 218 valence electrons. The third-order valence-electron chi connectivity index (χ3n) is 6.97. The van der Waals surface area contributed by atoms with E-state index in [1.807, 2.05) is 48.5 Å². The molecule has 0 saturated carbocycles. The van der Waals surface area contributed by atoms with Crippen LogP contribution in [0, 0.1) is 5.82 Å². The predicted molar refractivity (Wildman–Crippen MR) is 161 cm³/mol. The lowest BCUT2D eigenvalue weighted by Gasteiger charge is -2.23. The second-order valence-electron chi connectivity index (χ2n) is 10.1. The first kappa shape index (κ1) is 30.8. The molecule has 0 aromatic heterocycles. The van der Waals surface area contributed by atoms with Gasteiger partial charge in [0.1, 0.15) is 18.2 Å². The van der Waals surface area contributed by atoms with Crippen LogP contribution >= 0.6 is 11.6 Å². The van der Waals surface area contributed by atoms with E-state index in [2.05, 4.69) is 4.90 Å². The summed E-state index contributed by atoms with van der Waals surface area (Å²) in [5, 5.41) is 18.8. The van der Waals surface area contributed by atoms with E-state index in [9.17, 15) is 19.1 Å². The smallest absolute Gasteiger partial charge is 0.335 e. The zero-order valence-corrected chi connectivity index (χ0v) is 23.9. The summed E-state index contributed by atoms with van der Waals surface area (Å²) in [5.41, 5.74) is 5.09. The van der Waals surface area contributed by atoms with Gasteiger partial charge in [0.05, 0.1) is 5.56 Å². The standard InChI is InChI=1S/C34H33ClFNO5/c35-30-14-17-32(42-23-25-6-8-26(9-7-25)27-12-15-31(36)16-13-27)29(21-30)18-20-37(19-2-1-3-33(38)39)22-24-4-10-28(11-5-24)34(40)41/h4-17,21H,1-3,18-20,22-23H2,(H,38,39)(H,40,41). The minimum Gasteiger partial charge on any atom is -0.489 e. The van der Waals surface area contributed by atoms with Crippen molar-refractivity contribution in [1.29, 1.82) is 0 Å². The second kappa shape index (κ2) is 15.1. The molecule has 4 aromatic rings. The average molecular weight is 590 g/mol. The molecule has 0 fully saturated rings. The first-order chi connectivity index (χ1) is 20.3. The van der Waals surface area contributed by atoms with E-state index in [0.717, 1.165) is 40.0 Å². The maximum Gasteiger partial charge on any atom is 0.335 e. The Hall–Kier alpha value is -4.20. The summed E-state index contributed by atoms with van der Waals surface area (Å²) in [6.07, 6.45) is 2.09. The summed E-state index contributed by atoms with van der Waals surface area (Å²) in [6.45, 7) is 2.35. The quantitative estimate of drug-likeness (QED) is 0.138. The highest BCUT2D eigenvalue weighted by Crippen LogP contribution is 2.26. The highest BCUT2D eigenvalue weighted by Gasteiger charge is 2.12. The number of ether oxygens (including phenoxy) is 1. The van der Waals surface area contributed by atoms with Gasteiger partial charge in [-0.1, -0.05) is 60.1 Å². The number of unbranched alkanes of at least 4 members (excludes halogenated alkanes) is 1. The summed E-state index contributed by atoms with van der Waals surface area (Å²) in [4.78, 5) is 24.4. The number of hydrogen-bond donors (Lipinski definition) is 2. The summed E-state index contributed by atoms with van der Waals surface area (Å²) >= 11 is 6.34. The van der Waals surface area contributed by atoms with E-state index in [4.69, 9.17) is 21.4 Å². The third-order valence-corrected chi connectivity index (χ3v) is 7.20. The minimum atomic E-state index is -0.968. The van der Waals surface area contributed by atoms with Crippen molar-refractivity contribution in [2.45, 2.75) is 38.8 Å². The first-order valence-electron chi connectivity index (χ1n) is 13.8. The number of nitrogens with zero attached hydrogens (tertiary/aromatic N) is 1. The molecule has 0 aliphatic rings. The molecule has 2 N–H and O–H groups in total. The van der Waals surface area contributed by atoms with E-state index in [-0.39, 0.29) is 17.8 Å². The zero-order valence-electron chi connectivity index (χ0n) is 23.1. The van der Waals surface area contributed by atoms with Crippen molar-refractivity contribution in [3.8, 4) is 16.9 Å². The average Bonchev–Trinajstić information content (AvgIpc) is 2.98. The third kappa shape index (κ3) is 9.43. The zero-order chi connectivity index (χ0) is 29.9. The molecular weight excluding hydrogens is 557 g/mol. The molecule has 4 aromatic carbocycles. The van der Waals surface area contributed by atoms with Crippen LogP contribution in [0.1, 0.15) is 46.3 Å². The molecule has 0 unspecified atom stereocenters. The number of hydrogen-bond acceptors (Lipinski definition) is 4. The summed E-state index contributed by atoms with van der Waals surface area (Å²) in [7, 11) is 0. The van der Waals surface area contributed by atoms with Gasteiger partial charge in [-0.05, 0) is 96.1 Å². The lowest BCUT2D eigenvalue weighted by atomic mass is 10.0. The fourth-order valence-electron chi connectivity index (χ4n) is 4.65. The van der Waals surface area contributed by atoms with Gasteiger partial charge in [-0.15, -0.1) is 0 Å². The normalized spacial score (nSPS) is 11.0. The van der Waals surface area contributed by atoms with E-state index >= 15 is 0 Å². The fraction of sp³-hybridized carbons (Fsp3) is 0.235. The van der Waals surface area contributed by atoms with E-state index in [0.29, 0.717) is 44.1 Å². The Morgan fingerprint density at radius 3 is 2.07 bits per heavy atom. The van der Waals surface area contributed by atoms with Crippen LogP contribution in [0.4, 0.5) is 4.39 Å². The molecule has 0 heterocycles. The molecule has 0 saturated heterocycles. The van der Waals surface area contributed by atoms with Crippen molar-refractivity contribution in [3.05, 3.63) is 124 Å². The van der Waals surface area contributed by atoms with Gasteiger partial charge >= 0.3 is 11.9 Å². The maximum atomic E-state index is 13.3. The van der Waals surface area contributed by atoms with Crippen molar-refractivity contribution in [3.63, 3.8) is 0 Å². The van der Waals surface area contributed by atoms with Crippen LogP contribution < -0.4 is 4.74 Å². The minimum absolute atomic E-state index is 0.123. The van der Waals surface area contributed by atoms with E-state index in [1.54, 1.807) is 30.3 Å². The number of aromatic carboxylic acids is 1. The number of carboxylic acids is 2. The second-order valence-corrected chi connectivity index (χ2v) is 10.6. The van der Waals surface area contributed by atoms with Crippen LogP contribution in [0.25, 0.3) is 11.1 Å². The molecule has 6 nitrogen and oxygen atoms in total. The molecule has 0 radical (unpaired) electrons. The van der Waals surface area contributed by atoms with Gasteiger partial charge in [0.2, 0.25) is 0 Å². The monoisotopic (exact) mass is 589 g/mol. The fourth-order valence-corrected chi connectivity index (χ4v) is 4.85. The van der Waals surface area contributed by atoms with Gasteiger partial charge in [-0.25, -0.2) is 9.18 Å². The Balaban J connectivity index is 1.40. The van der Waals surface area contributed by atoms with Gasteiger partial charge in [-0.2, -0.15) is 0 Å². The molecule has 0 aliphatic carbocycles. The van der Waals surface area contributed by atoms with Crippen molar-refractivity contribution in [2.24, 2.45) is 0 Å². The Bertz CT molecular complexity index is 1470. The lowest BCUT2D eigenvalue weighted by molar-refractivity contribution is -0.137. The van der Waals surface area contributed by atoms with Crippen LogP contribution in [0.15, 0.2) is 91.0 Å². The molecule has 0 spiro atoms. The molecule has 4 rings (SSSR count). The van der Waals surface area contributed by atoms with Gasteiger partial charge in [0.25, 0.3) is 0 Å². The largest absolute Gasteiger partial charge is 0.489 e. The van der Waals surface area contributed by atoms with Gasteiger partial charge in [-0.3, -0.25) is 9.69 Å². The van der Waals surface area contributed by atoms with Crippen LogP contribution in [-0.2, 0) is 24.4 Å². The number of rotatable bonds is 15. The van der Waals surface area contributed by atoms with E-state index < -0.39 is 11.9 Å². The number of benzene rings is 4. The van der Waals surface area contributed by atoms with Crippen LogP contribution in [0.5, 0.6) is 5.75 Å². The SMILES string of the molecule is O=C(O)CCCCN(CCc1cc(Cl)ccc1OCc1ccc(-c2ccc(F)cc2)cc1)Cc1ccc(C(=O)O)cc1. The van der Waals surface area contributed by atoms with Gasteiger partial charge in [0, 0.05) is 24.5 Å². The molecular formula is C34H33ClFNO5. The van der Waals surface area contributed by atoms with Crippen molar-refractivity contribution >= 4 is 23.5 Å². The summed E-state index contributed by atoms with van der Waals surface area (Å²) in [5.74, 6) is -1.31. The van der Waals surface area contributed by atoms with Gasteiger partial charge in [0.15, 0.2) is 0 Å². The topological polar surface area (TPSA) is 87.1 Å². The maximum absolute atomic E-state index is 13.3. The van der Waals surface area contributed by atoms with Crippen molar-refractivity contribution in [1.82, 2.24) is 4.90 Å². The molecule has 8 heteroatoms. The van der Waals surface area contributed by atoms with Crippen LogP contribution in [0.2, 0.25) is 5.02 Å². The molecule has 42 heavy (non-hydrogen) atoms. The number of carboxylic acid groups (broad SMARTS) is 2. The highest BCUT2D eigenvalue weighted by atomic mass is 35.5. The Kier molecular flexibility index (Phi) is 11.1. The highest BCUT2D eigenvalue weighted by molar-refractivity contribution is 6.30. The van der Waals surface area contributed by atoms with Gasteiger partial charge < -0.3 is 14.9 Å².